The molecular weight excluding hydrogens is 242 g/mol. The van der Waals surface area contributed by atoms with Crippen molar-refractivity contribution in [1.29, 1.82) is 0 Å². The Labute approximate surface area is 101 Å². The smallest absolute Gasteiger partial charge is 0.211 e. The molecule has 0 radical (unpaired) electrons. The molecule has 5 nitrogen and oxygen atoms in total. The predicted octanol–water partition coefficient (Wildman–Crippen LogP) is -0.121. The number of nitrogens with one attached hydrogen (secondary N) is 1. The van der Waals surface area contributed by atoms with Crippen molar-refractivity contribution in [3.8, 4) is 0 Å². The van der Waals surface area contributed by atoms with Crippen LogP contribution in [0.4, 0.5) is 0 Å². The molecule has 0 bridgehead atoms. The van der Waals surface area contributed by atoms with E-state index in [0.717, 1.165) is 0 Å². The van der Waals surface area contributed by atoms with Crippen molar-refractivity contribution < 1.29 is 18.3 Å². The first-order valence-electron chi connectivity index (χ1n) is 5.22. The Morgan fingerprint density at radius 2 is 1.88 bits per heavy atom. The van der Waals surface area contributed by atoms with Crippen molar-refractivity contribution in [2.45, 2.75) is 19.9 Å². The number of hydrogen-bond acceptors (Lipinski definition) is 4. The summed E-state index contributed by atoms with van der Waals surface area (Å²) in [5, 5.41) is 10.5. The van der Waals surface area contributed by atoms with Gasteiger partial charge in [0.25, 0.3) is 0 Å². The number of carbonyl (C=O) groups excluding carboxylic acids is 1. The van der Waals surface area contributed by atoms with E-state index in [9.17, 15) is 18.3 Å². The number of hydrogen-bond donors (Lipinski definition) is 1. The number of aromatic carboxylic acids is 1. The minimum absolute atomic E-state index is 0.0742. The van der Waals surface area contributed by atoms with Gasteiger partial charge in [0.05, 0.1) is 11.7 Å². The Kier molecular flexibility index (Phi) is 4.65. The van der Waals surface area contributed by atoms with Crippen molar-refractivity contribution in [3.05, 3.63) is 35.4 Å². The maximum atomic E-state index is 11.4. The summed E-state index contributed by atoms with van der Waals surface area (Å²) in [6.45, 7) is 1.95. The molecule has 6 heteroatoms. The zero-order chi connectivity index (χ0) is 12.9. The molecule has 0 heterocycles. The van der Waals surface area contributed by atoms with Gasteiger partial charge in [-0.3, -0.25) is 0 Å². The summed E-state index contributed by atoms with van der Waals surface area (Å²) in [5.74, 6) is -1.16. The standard InChI is InChI=1S/C11H15NO4S/c1-2-7-17(15,16)12-8-9-3-5-10(6-4-9)11(13)14/h3-6,12H,2,7-8H2,1H3,(H,13,14)/p-1. The normalized spacial score (nSPS) is 11.4. The van der Waals surface area contributed by atoms with Crippen LogP contribution < -0.4 is 9.83 Å². The SMILES string of the molecule is CCCS(=O)(=O)NCc1ccc(C(=O)[O-])cc1. The zero-order valence-electron chi connectivity index (χ0n) is 9.47. The van der Waals surface area contributed by atoms with Gasteiger partial charge in [0.15, 0.2) is 0 Å². The average molecular weight is 256 g/mol. The van der Waals surface area contributed by atoms with Gasteiger partial charge in [-0.2, -0.15) is 0 Å². The molecule has 0 amide bonds. The lowest BCUT2D eigenvalue weighted by Crippen LogP contribution is -2.26. The minimum Gasteiger partial charge on any atom is -0.545 e. The van der Waals surface area contributed by atoms with Crippen molar-refractivity contribution in [2.75, 3.05) is 5.75 Å². The average Bonchev–Trinajstić information content (AvgIpc) is 2.27. The highest BCUT2D eigenvalue weighted by atomic mass is 32.2. The number of rotatable bonds is 6. The molecule has 94 valence electrons. The fraction of sp³-hybridized carbons (Fsp3) is 0.364. The van der Waals surface area contributed by atoms with Crippen LogP contribution in [0.2, 0.25) is 0 Å². The largest absolute Gasteiger partial charge is 0.545 e. The fourth-order valence-electron chi connectivity index (χ4n) is 1.29. The third-order valence-corrected chi connectivity index (χ3v) is 3.69. The Hall–Kier alpha value is -1.40. The second kappa shape index (κ2) is 5.79. The van der Waals surface area contributed by atoms with Crippen LogP contribution in [0.3, 0.4) is 0 Å². The van der Waals surface area contributed by atoms with Gasteiger partial charge < -0.3 is 9.90 Å². The number of carbonyl (C=O) groups is 1. The molecular formula is C11H14NO4S-. The van der Waals surface area contributed by atoms with E-state index in [-0.39, 0.29) is 17.9 Å². The van der Waals surface area contributed by atoms with E-state index >= 15 is 0 Å². The maximum Gasteiger partial charge on any atom is 0.211 e. The molecule has 0 aromatic heterocycles. The van der Waals surface area contributed by atoms with Crippen LogP contribution in [0, 0.1) is 0 Å². The van der Waals surface area contributed by atoms with Gasteiger partial charge in [-0.15, -0.1) is 0 Å². The summed E-state index contributed by atoms with van der Waals surface area (Å²) in [6, 6.07) is 5.89. The monoisotopic (exact) mass is 256 g/mol. The Morgan fingerprint density at radius 1 is 1.29 bits per heavy atom. The van der Waals surface area contributed by atoms with Crippen LogP contribution in [-0.4, -0.2) is 20.1 Å². The minimum atomic E-state index is -3.23. The number of sulfonamides is 1. The van der Waals surface area contributed by atoms with Gasteiger partial charge in [-0.25, -0.2) is 13.1 Å². The molecule has 1 aromatic rings. The van der Waals surface area contributed by atoms with E-state index in [2.05, 4.69) is 4.72 Å². The maximum absolute atomic E-state index is 11.4. The second-order valence-corrected chi connectivity index (χ2v) is 5.55. The molecule has 0 spiro atoms. The lowest BCUT2D eigenvalue weighted by atomic mass is 10.1. The fourth-order valence-corrected chi connectivity index (χ4v) is 2.36. The highest BCUT2D eigenvalue weighted by molar-refractivity contribution is 7.89. The first-order valence-corrected chi connectivity index (χ1v) is 6.87. The topological polar surface area (TPSA) is 86.3 Å². The molecule has 0 unspecified atom stereocenters. The molecule has 1 aromatic carbocycles. The third-order valence-electron chi connectivity index (χ3n) is 2.16. The van der Waals surface area contributed by atoms with Crippen LogP contribution in [0.1, 0.15) is 29.3 Å². The van der Waals surface area contributed by atoms with Gasteiger partial charge in [-0.1, -0.05) is 31.2 Å². The Bertz CT molecular complexity index is 479. The lowest BCUT2D eigenvalue weighted by molar-refractivity contribution is -0.255. The third kappa shape index (κ3) is 4.54. The number of carboxylic acids is 1. The Morgan fingerprint density at radius 3 is 2.35 bits per heavy atom. The molecule has 0 saturated heterocycles. The van der Waals surface area contributed by atoms with Crippen LogP contribution >= 0.6 is 0 Å². The van der Waals surface area contributed by atoms with Gasteiger partial charge in [0.2, 0.25) is 10.0 Å². The van der Waals surface area contributed by atoms with Crippen molar-refractivity contribution >= 4 is 16.0 Å². The summed E-state index contributed by atoms with van der Waals surface area (Å²) in [7, 11) is -3.23. The number of carboxylic acid groups (broad SMARTS) is 1. The first kappa shape index (κ1) is 13.7. The molecule has 0 aliphatic carbocycles. The van der Waals surface area contributed by atoms with Gasteiger partial charge in [0.1, 0.15) is 0 Å². The highest BCUT2D eigenvalue weighted by Crippen LogP contribution is 2.04. The molecule has 1 rings (SSSR count). The number of benzene rings is 1. The molecule has 1 N–H and O–H groups in total. The summed E-state index contributed by atoms with van der Waals surface area (Å²) >= 11 is 0. The van der Waals surface area contributed by atoms with Crippen LogP contribution in [0.25, 0.3) is 0 Å². The van der Waals surface area contributed by atoms with Crippen LogP contribution in [0.15, 0.2) is 24.3 Å². The van der Waals surface area contributed by atoms with Crippen molar-refractivity contribution in [2.24, 2.45) is 0 Å². The molecule has 0 saturated carbocycles. The van der Waals surface area contributed by atoms with Gasteiger partial charge in [0, 0.05) is 6.54 Å². The van der Waals surface area contributed by atoms with Gasteiger partial charge >= 0.3 is 0 Å². The molecule has 0 atom stereocenters. The highest BCUT2D eigenvalue weighted by Gasteiger charge is 2.07. The van der Waals surface area contributed by atoms with Crippen molar-refractivity contribution in [3.63, 3.8) is 0 Å². The summed E-state index contributed by atoms with van der Waals surface area (Å²) in [4.78, 5) is 10.5. The quantitative estimate of drug-likeness (QED) is 0.768. The van der Waals surface area contributed by atoms with Crippen LogP contribution in [-0.2, 0) is 16.6 Å². The van der Waals surface area contributed by atoms with E-state index in [1.54, 1.807) is 19.1 Å². The van der Waals surface area contributed by atoms with E-state index in [1.165, 1.54) is 12.1 Å². The first-order chi connectivity index (χ1) is 7.94. The van der Waals surface area contributed by atoms with Crippen molar-refractivity contribution in [1.82, 2.24) is 4.72 Å². The molecule has 17 heavy (non-hydrogen) atoms. The van der Waals surface area contributed by atoms with E-state index in [1.807, 2.05) is 0 Å². The van der Waals surface area contributed by atoms with Gasteiger partial charge in [-0.05, 0) is 17.5 Å². The van der Waals surface area contributed by atoms with Crippen LogP contribution in [0.5, 0.6) is 0 Å². The van der Waals surface area contributed by atoms with E-state index in [4.69, 9.17) is 0 Å². The van der Waals surface area contributed by atoms with E-state index < -0.39 is 16.0 Å². The Balaban J connectivity index is 2.62. The molecule has 0 aliphatic heterocycles. The van der Waals surface area contributed by atoms with E-state index in [0.29, 0.717) is 12.0 Å². The second-order valence-electron chi connectivity index (χ2n) is 3.62. The molecule has 0 fully saturated rings. The summed E-state index contributed by atoms with van der Waals surface area (Å²) in [5.41, 5.74) is 0.778. The lowest BCUT2D eigenvalue weighted by Gasteiger charge is -2.07. The molecule has 0 aliphatic rings. The summed E-state index contributed by atoms with van der Waals surface area (Å²) < 4.78 is 25.2. The predicted molar refractivity (Wildman–Crippen MR) is 61.7 cm³/mol. The summed E-state index contributed by atoms with van der Waals surface area (Å²) in [6.07, 6.45) is 0.555. The zero-order valence-corrected chi connectivity index (χ0v) is 10.3.